The highest BCUT2D eigenvalue weighted by Gasteiger charge is 2.16. The summed E-state index contributed by atoms with van der Waals surface area (Å²) in [7, 11) is 0. The molecule has 2 aromatic carbocycles. The maximum Gasteiger partial charge on any atom is 0.336 e. The number of benzene rings is 2. The number of hydrogen-bond acceptors (Lipinski definition) is 6. The zero-order valence-corrected chi connectivity index (χ0v) is 18.2. The van der Waals surface area contributed by atoms with Crippen LogP contribution in [0, 0.1) is 6.92 Å². The summed E-state index contributed by atoms with van der Waals surface area (Å²) in [4.78, 5) is 35.8. The Morgan fingerprint density at radius 3 is 2.55 bits per heavy atom. The predicted octanol–water partition coefficient (Wildman–Crippen LogP) is 3.42. The van der Waals surface area contributed by atoms with Crippen LogP contribution in [0.4, 0.5) is 16.2 Å². The minimum atomic E-state index is -0.437. The standard InChI is InChI=1S/C24H25N3O6/c1-15-11-23(29)33-21-12-18(8-9-20(15)21)32-14-22(28)26-16-4-6-17(7-5-16)27-24(30)25-13-19-3-2-10-31-19/h4-9,11-12,19H,2-3,10,13-14H2,1H3,(H,26,28)(H2,25,27,30)/t19-/m0/s1. The first kappa shape index (κ1) is 22.3. The van der Waals surface area contributed by atoms with Gasteiger partial charge in [0.25, 0.3) is 5.91 Å². The van der Waals surface area contributed by atoms with Gasteiger partial charge >= 0.3 is 11.7 Å². The quantitative estimate of drug-likeness (QED) is 0.474. The van der Waals surface area contributed by atoms with E-state index in [1.165, 1.54) is 6.07 Å². The van der Waals surface area contributed by atoms with E-state index in [4.69, 9.17) is 13.9 Å². The van der Waals surface area contributed by atoms with E-state index in [2.05, 4.69) is 16.0 Å². The number of hydrogen-bond donors (Lipinski definition) is 3. The summed E-state index contributed by atoms with van der Waals surface area (Å²) in [5.41, 5.74) is 1.94. The smallest absolute Gasteiger partial charge is 0.336 e. The van der Waals surface area contributed by atoms with Gasteiger partial charge in [0.2, 0.25) is 0 Å². The Morgan fingerprint density at radius 2 is 1.82 bits per heavy atom. The van der Waals surface area contributed by atoms with Gasteiger partial charge in [-0.15, -0.1) is 0 Å². The monoisotopic (exact) mass is 451 g/mol. The number of aryl methyl sites for hydroxylation is 1. The van der Waals surface area contributed by atoms with Crippen LogP contribution in [0.5, 0.6) is 5.75 Å². The van der Waals surface area contributed by atoms with Crippen molar-refractivity contribution in [2.45, 2.75) is 25.9 Å². The molecule has 1 aromatic heterocycles. The summed E-state index contributed by atoms with van der Waals surface area (Å²) in [6.45, 7) is 2.83. The third kappa shape index (κ3) is 6.11. The first-order chi connectivity index (χ1) is 16.0. The van der Waals surface area contributed by atoms with Crippen LogP contribution in [0.1, 0.15) is 18.4 Å². The third-order valence-electron chi connectivity index (χ3n) is 5.23. The van der Waals surface area contributed by atoms with Gasteiger partial charge < -0.3 is 29.8 Å². The molecule has 3 N–H and O–H groups in total. The number of ether oxygens (including phenoxy) is 2. The number of carbonyl (C=O) groups excluding carboxylic acids is 2. The second kappa shape index (κ2) is 10.2. The van der Waals surface area contributed by atoms with Crippen molar-refractivity contribution in [3.63, 3.8) is 0 Å². The first-order valence-electron chi connectivity index (χ1n) is 10.7. The number of carbonyl (C=O) groups is 2. The summed E-state index contributed by atoms with van der Waals surface area (Å²) in [5, 5.41) is 9.06. The molecule has 1 fully saturated rings. The Balaban J connectivity index is 1.25. The first-order valence-corrected chi connectivity index (χ1v) is 10.7. The second-order valence-electron chi connectivity index (χ2n) is 7.79. The number of urea groups is 1. The van der Waals surface area contributed by atoms with E-state index in [1.54, 1.807) is 42.5 Å². The van der Waals surface area contributed by atoms with E-state index in [9.17, 15) is 14.4 Å². The van der Waals surface area contributed by atoms with Gasteiger partial charge in [0, 0.05) is 42.0 Å². The van der Waals surface area contributed by atoms with Crippen molar-refractivity contribution in [3.8, 4) is 5.75 Å². The molecule has 0 spiro atoms. The Labute approximate surface area is 190 Å². The van der Waals surface area contributed by atoms with Gasteiger partial charge in [-0.1, -0.05) is 0 Å². The second-order valence-corrected chi connectivity index (χ2v) is 7.79. The molecule has 1 saturated heterocycles. The van der Waals surface area contributed by atoms with Crippen molar-refractivity contribution in [1.82, 2.24) is 5.32 Å². The average molecular weight is 451 g/mol. The van der Waals surface area contributed by atoms with E-state index in [0.29, 0.717) is 29.3 Å². The fourth-order valence-corrected chi connectivity index (χ4v) is 3.57. The summed E-state index contributed by atoms with van der Waals surface area (Å²) in [6, 6.07) is 12.9. The van der Waals surface area contributed by atoms with E-state index in [-0.39, 0.29) is 24.6 Å². The van der Waals surface area contributed by atoms with Crippen molar-refractivity contribution in [1.29, 1.82) is 0 Å². The molecule has 1 aliphatic heterocycles. The normalized spacial score (nSPS) is 15.2. The molecule has 0 aliphatic carbocycles. The molecule has 0 radical (unpaired) electrons. The van der Waals surface area contributed by atoms with Gasteiger partial charge in [0.15, 0.2) is 6.61 Å². The Bertz CT molecular complexity index is 1200. The molecule has 0 saturated carbocycles. The fourth-order valence-electron chi connectivity index (χ4n) is 3.57. The lowest BCUT2D eigenvalue weighted by molar-refractivity contribution is -0.118. The van der Waals surface area contributed by atoms with Gasteiger partial charge in [-0.05, 0) is 61.7 Å². The summed E-state index contributed by atoms with van der Waals surface area (Å²) < 4.78 is 16.2. The summed E-state index contributed by atoms with van der Waals surface area (Å²) in [6.07, 6.45) is 2.05. The SMILES string of the molecule is Cc1cc(=O)oc2cc(OCC(=O)Nc3ccc(NC(=O)NC[C@@H]4CCCO4)cc3)ccc12. The van der Waals surface area contributed by atoms with Gasteiger partial charge in [0.05, 0.1) is 6.10 Å². The van der Waals surface area contributed by atoms with Gasteiger partial charge in [0.1, 0.15) is 11.3 Å². The van der Waals surface area contributed by atoms with E-state index in [1.807, 2.05) is 6.92 Å². The Kier molecular flexibility index (Phi) is 6.89. The molecule has 3 aromatic rings. The highest BCUT2D eigenvalue weighted by molar-refractivity contribution is 5.93. The molecule has 1 atom stereocenters. The molecule has 9 nitrogen and oxygen atoms in total. The molecule has 4 rings (SSSR count). The Morgan fingerprint density at radius 1 is 1.06 bits per heavy atom. The molecule has 33 heavy (non-hydrogen) atoms. The van der Waals surface area contributed by atoms with Crippen LogP contribution in [0.2, 0.25) is 0 Å². The van der Waals surface area contributed by atoms with Crippen LogP contribution in [-0.4, -0.2) is 37.8 Å². The van der Waals surface area contributed by atoms with Crippen molar-refractivity contribution >= 4 is 34.3 Å². The van der Waals surface area contributed by atoms with Gasteiger partial charge in [-0.25, -0.2) is 9.59 Å². The largest absolute Gasteiger partial charge is 0.484 e. The topological polar surface area (TPSA) is 119 Å². The maximum absolute atomic E-state index is 12.2. The number of nitrogens with one attached hydrogen (secondary N) is 3. The Hall–Kier alpha value is -3.85. The molecule has 1 aliphatic rings. The molecule has 0 unspecified atom stereocenters. The van der Waals surface area contributed by atoms with E-state index >= 15 is 0 Å². The molecule has 3 amide bonds. The zero-order chi connectivity index (χ0) is 23.2. The van der Waals surface area contributed by atoms with Crippen LogP contribution in [0.15, 0.2) is 57.7 Å². The van der Waals surface area contributed by atoms with Crippen molar-refractivity contribution in [2.75, 3.05) is 30.4 Å². The van der Waals surface area contributed by atoms with Gasteiger partial charge in [-0.2, -0.15) is 0 Å². The number of rotatable bonds is 7. The maximum atomic E-state index is 12.2. The highest BCUT2D eigenvalue weighted by atomic mass is 16.5. The van der Waals surface area contributed by atoms with Crippen molar-refractivity contribution < 1.29 is 23.5 Å². The molecular weight excluding hydrogens is 426 g/mol. The van der Waals surface area contributed by atoms with Crippen molar-refractivity contribution in [2.24, 2.45) is 0 Å². The number of anilines is 2. The lowest BCUT2D eigenvalue weighted by Gasteiger charge is -2.12. The van der Waals surface area contributed by atoms with Crippen LogP contribution in [0.3, 0.4) is 0 Å². The van der Waals surface area contributed by atoms with E-state index < -0.39 is 5.63 Å². The molecule has 9 heteroatoms. The molecule has 2 heterocycles. The predicted molar refractivity (Wildman–Crippen MR) is 124 cm³/mol. The number of amides is 3. The number of fused-ring (bicyclic) bond motifs is 1. The minimum absolute atomic E-state index is 0.0767. The highest BCUT2D eigenvalue weighted by Crippen LogP contribution is 2.22. The lowest BCUT2D eigenvalue weighted by atomic mass is 10.1. The molecule has 172 valence electrons. The van der Waals surface area contributed by atoms with Crippen LogP contribution in [-0.2, 0) is 9.53 Å². The van der Waals surface area contributed by atoms with Crippen LogP contribution < -0.4 is 26.3 Å². The van der Waals surface area contributed by atoms with Gasteiger partial charge in [-0.3, -0.25) is 4.79 Å². The zero-order valence-electron chi connectivity index (χ0n) is 18.2. The van der Waals surface area contributed by atoms with Crippen LogP contribution in [0.25, 0.3) is 11.0 Å². The third-order valence-corrected chi connectivity index (χ3v) is 5.23. The van der Waals surface area contributed by atoms with Crippen molar-refractivity contribution in [3.05, 3.63) is 64.5 Å². The lowest BCUT2D eigenvalue weighted by Crippen LogP contribution is -2.35. The fraction of sp³-hybridized carbons (Fsp3) is 0.292. The molecule has 0 bridgehead atoms. The average Bonchev–Trinajstić information content (AvgIpc) is 3.31. The van der Waals surface area contributed by atoms with Crippen LogP contribution >= 0.6 is 0 Å². The van der Waals surface area contributed by atoms with E-state index in [0.717, 1.165) is 30.4 Å². The molecular formula is C24H25N3O6. The summed E-state index contributed by atoms with van der Waals surface area (Å²) in [5.74, 6) is 0.0655. The minimum Gasteiger partial charge on any atom is -0.484 e. The summed E-state index contributed by atoms with van der Waals surface area (Å²) >= 11 is 0.